The van der Waals surface area contributed by atoms with Gasteiger partial charge in [-0.05, 0) is 61.9 Å². The second-order valence-electron chi connectivity index (χ2n) is 9.90. The Morgan fingerprint density at radius 3 is 2.51 bits per heavy atom. The van der Waals surface area contributed by atoms with Crippen molar-refractivity contribution in [2.45, 2.75) is 56.9 Å². The van der Waals surface area contributed by atoms with E-state index < -0.39 is 16.8 Å². The van der Waals surface area contributed by atoms with Crippen molar-refractivity contribution >= 4 is 23.6 Å². The zero-order chi connectivity index (χ0) is 25.2. The van der Waals surface area contributed by atoms with Gasteiger partial charge in [0.1, 0.15) is 0 Å². The van der Waals surface area contributed by atoms with Crippen LogP contribution in [0.3, 0.4) is 0 Å². The molecule has 1 aromatic carbocycles. The molecule has 4 rings (SSSR count). The molecule has 1 N–H and O–H groups in total. The monoisotopic (exact) mass is 488 g/mol. The highest BCUT2D eigenvalue weighted by Crippen LogP contribution is 2.54. The number of aldehydes is 1. The molecule has 10 heteroatoms. The minimum atomic E-state index is -2.65. The van der Waals surface area contributed by atoms with Crippen LogP contribution in [0.1, 0.15) is 55.3 Å². The zero-order valence-corrected chi connectivity index (χ0v) is 19.7. The van der Waals surface area contributed by atoms with Crippen LogP contribution in [0.15, 0.2) is 42.2 Å². The molecule has 0 radical (unpaired) electrons. The molecule has 3 aliphatic rings. The van der Waals surface area contributed by atoms with Crippen molar-refractivity contribution < 1.29 is 23.3 Å². The number of non-ortho nitro benzene ring substituents is 1. The zero-order valence-electron chi connectivity index (χ0n) is 19.7. The van der Waals surface area contributed by atoms with Crippen molar-refractivity contribution in [3.63, 3.8) is 0 Å². The number of carbonyl (C=O) groups excluding carboxylic acids is 2. The summed E-state index contributed by atoms with van der Waals surface area (Å²) in [6.07, 6.45) is 9.44. The van der Waals surface area contributed by atoms with E-state index in [9.17, 15) is 28.5 Å². The molecule has 1 aromatic rings. The summed E-state index contributed by atoms with van der Waals surface area (Å²) in [5.41, 5.74) is 1.04. The van der Waals surface area contributed by atoms with E-state index in [2.05, 4.69) is 5.32 Å². The molecule has 1 aliphatic heterocycles. The summed E-state index contributed by atoms with van der Waals surface area (Å²) in [5, 5.41) is 13.9. The summed E-state index contributed by atoms with van der Waals surface area (Å²) in [5.74, 6) is -3.20. The van der Waals surface area contributed by atoms with Crippen LogP contribution in [0.25, 0.3) is 0 Å². The van der Waals surface area contributed by atoms with E-state index in [1.54, 1.807) is 18.1 Å². The number of hydrogen-bond acceptors (Lipinski definition) is 6. The SMILES string of the molecule is CN(/C=C\C=C(/C=O)NC(=O)c1ccc([N+](=O)[O-])cc1N1CCC2(CC1)CC2)C1CCC(F)(F)C1. The lowest BCUT2D eigenvalue weighted by atomic mass is 9.93. The number of hydrogen-bond donors (Lipinski definition) is 1. The average Bonchev–Trinajstić information content (AvgIpc) is 3.48. The molecule has 1 amide bonds. The molecule has 188 valence electrons. The predicted molar refractivity (Wildman–Crippen MR) is 127 cm³/mol. The van der Waals surface area contributed by atoms with Gasteiger partial charge in [-0.25, -0.2) is 8.78 Å². The number of rotatable bonds is 8. The molecule has 1 atom stereocenters. The number of piperidine rings is 1. The van der Waals surface area contributed by atoms with Crippen LogP contribution in [-0.4, -0.2) is 54.1 Å². The van der Waals surface area contributed by atoms with E-state index >= 15 is 0 Å². The topological polar surface area (TPSA) is 95.8 Å². The van der Waals surface area contributed by atoms with Crippen molar-refractivity contribution in [3.05, 3.63) is 57.9 Å². The van der Waals surface area contributed by atoms with Gasteiger partial charge in [0.15, 0.2) is 6.29 Å². The second-order valence-corrected chi connectivity index (χ2v) is 9.90. The number of amides is 1. The highest BCUT2D eigenvalue weighted by Gasteiger charge is 2.45. The normalized spacial score (nSPS) is 22.9. The maximum absolute atomic E-state index is 13.4. The van der Waals surface area contributed by atoms with Crippen LogP contribution < -0.4 is 10.2 Å². The molecule has 0 bridgehead atoms. The number of allylic oxidation sites excluding steroid dienone is 3. The summed E-state index contributed by atoms with van der Waals surface area (Å²) < 4.78 is 26.9. The van der Waals surface area contributed by atoms with Crippen LogP contribution in [0, 0.1) is 15.5 Å². The Kier molecular flexibility index (Phi) is 6.91. The first-order valence-corrected chi connectivity index (χ1v) is 11.9. The number of halogens is 2. The van der Waals surface area contributed by atoms with Gasteiger partial charge in [-0.3, -0.25) is 19.7 Å². The molecular weight excluding hydrogens is 458 g/mol. The van der Waals surface area contributed by atoms with E-state index in [1.165, 1.54) is 43.2 Å². The fourth-order valence-corrected chi connectivity index (χ4v) is 4.97. The van der Waals surface area contributed by atoms with Gasteiger partial charge >= 0.3 is 0 Å². The van der Waals surface area contributed by atoms with Gasteiger partial charge in [-0.1, -0.05) is 0 Å². The van der Waals surface area contributed by atoms with E-state index in [0.29, 0.717) is 36.9 Å². The minimum Gasteiger partial charge on any atom is -0.377 e. The smallest absolute Gasteiger partial charge is 0.271 e. The molecule has 0 aromatic heterocycles. The summed E-state index contributed by atoms with van der Waals surface area (Å²) in [6.45, 7) is 1.43. The minimum absolute atomic E-state index is 0.00344. The Balaban J connectivity index is 1.46. The molecule has 8 nitrogen and oxygen atoms in total. The second kappa shape index (κ2) is 9.75. The van der Waals surface area contributed by atoms with Crippen molar-refractivity contribution in [1.29, 1.82) is 0 Å². The lowest BCUT2D eigenvalue weighted by molar-refractivity contribution is -0.384. The maximum atomic E-state index is 13.4. The molecule has 1 unspecified atom stereocenters. The summed E-state index contributed by atoms with van der Waals surface area (Å²) >= 11 is 0. The molecule has 2 saturated carbocycles. The first-order valence-electron chi connectivity index (χ1n) is 11.9. The van der Waals surface area contributed by atoms with Gasteiger partial charge in [-0.2, -0.15) is 0 Å². The number of anilines is 1. The van der Waals surface area contributed by atoms with Crippen molar-refractivity contribution in [1.82, 2.24) is 10.2 Å². The van der Waals surface area contributed by atoms with Crippen molar-refractivity contribution in [2.75, 3.05) is 25.0 Å². The van der Waals surface area contributed by atoms with E-state index in [4.69, 9.17) is 0 Å². The van der Waals surface area contributed by atoms with Gasteiger partial charge < -0.3 is 15.1 Å². The number of nitro groups is 1. The van der Waals surface area contributed by atoms with E-state index in [-0.39, 0.29) is 35.8 Å². The van der Waals surface area contributed by atoms with Crippen LogP contribution in [0.2, 0.25) is 0 Å². The molecule has 1 saturated heterocycles. The highest BCUT2D eigenvalue weighted by atomic mass is 19.3. The molecule has 2 aliphatic carbocycles. The predicted octanol–water partition coefficient (Wildman–Crippen LogP) is 4.42. The average molecular weight is 489 g/mol. The quantitative estimate of drug-likeness (QED) is 0.191. The fraction of sp³-hybridized carbons (Fsp3) is 0.520. The summed E-state index contributed by atoms with van der Waals surface area (Å²) in [4.78, 5) is 39.1. The molecule has 35 heavy (non-hydrogen) atoms. The standard InChI is InChI=1S/C25H30F2N4O4/c1-29(20-6-7-25(26,27)16-20)12-2-3-18(17-32)28-23(33)21-5-4-19(31(34)35)15-22(21)30-13-10-24(8-9-24)11-14-30/h2-5,12,15,17,20H,6-11,13-14,16H2,1H3,(H,28,33)/b12-2-,18-3+. The Hall–Kier alpha value is -3.30. The van der Waals surface area contributed by atoms with Crippen LogP contribution in [0.5, 0.6) is 0 Å². The lowest BCUT2D eigenvalue weighted by Gasteiger charge is -2.34. The van der Waals surface area contributed by atoms with Gasteiger partial charge in [0.25, 0.3) is 11.6 Å². The number of nitrogens with one attached hydrogen (secondary N) is 1. The fourth-order valence-electron chi connectivity index (χ4n) is 4.97. The number of nitro benzene ring substituents is 1. The number of benzene rings is 1. The first kappa shape index (κ1) is 24.8. The van der Waals surface area contributed by atoms with Crippen molar-refractivity contribution in [2.24, 2.45) is 5.41 Å². The highest BCUT2D eigenvalue weighted by molar-refractivity contribution is 6.03. The van der Waals surface area contributed by atoms with Crippen LogP contribution in [-0.2, 0) is 4.79 Å². The summed E-state index contributed by atoms with van der Waals surface area (Å²) in [7, 11) is 1.70. The number of nitrogens with zero attached hydrogens (tertiary/aromatic N) is 3. The third-order valence-electron chi connectivity index (χ3n) is 7.49. The Bertz CT molecular complexity index is 1060. The Morgan fingerprint density at radius 1 is 1.23 bits per heavy atom. The molecule has 1 heterocycles. The van der Waals surface area contributed by atoms with Gasteiger partial charge in [0.2, 0.25) is 5.92 Å². The Morgan fingerprint density at radius 2 is 1.94 bits per heavy atom. The van der Waals surface area contributed by atoms with Gasteiger partial charge in [0, 0.05) is 51.2 Å². The van der Waals surface area contributed by atoms with E-state index in [0.717, 1.165) is 12.8 Å². The molecular formula is C25H30F2N4O4. The first-order chi connectivity index (χ1) is 16.6. The van der Waals surface area contributed by atoms with Crippen molar-refractivity contribution in [3.8, 4) is 0 Å². The van der Waals surface area contributed by atoms with Crippen LogP contribution in [0.4, 0.5) is 20.2 Å². The molecule has 1 spiro atoms. The number of alkyl halides is 2. The van der Waals surface area contributed by atoms with Crippen LogP contribution >= 0.6 is 0 Å². The molecule has 3 fully saturated rings. The third kappa shape index (κ3) is 5.86. The summed E-state index contributed by atoms with van der Waals surface area (Å²) in [6, 6.07) is 3.82. The lowest BCUT2D eigenvalue weighted by Crippen LogP contribution is -2.36. The third-order valence-corrected chi connectivity index (χ3v) is 7.49. The Labute approximate surface area is 202 Å². The largest absolute Gasteiger partial charge is 0.377 e. The van der Waals surface area contributed by atoms with E-state index in [1.807, 2.05) is 4.90 Å². The maximum Gasteiger partial charge on any atom is 0.271 e. The van der Waals surface area contributed by atoms with Gasteiger partial charge in [-0.15, -0.1) is 0 Å². The number of carbonyl (C=O) groups is 2. The van der Waals surface area contributed by atoms with Gasteiger partial charge in [0.05, 0.1) is 21.9 Å².